The molecule has 0 bridgehead atoms. The van der Waals surface area contributed by atoms with Crippen molar-refractivity contribution in [3.05, 3.63) is 62.4 Å². The van der Waals surface area contributed by atoms with Gasteiger partial charge in [-0.05, 0) is 42.7 Å². The molecule has 1 aromatic heterocycles. The lowest BCUT2D eigenvalue weighted by Gasteiger charge is -2.17. The predicted octanol–water partition coefficient (Wildman–Crippen LogP) is 5.20. The quantitative estimate of drug-likeness (QED) is 0.780. The third kappa shape index (κ3) is 3.44. The van der Waals surface area contributed by atoms with Crippen LogP contribution in [0.2, 0.25) is 15.1 Å². The molecule has 2 aromatic rings. The van der Waals surface area contributed by atoms with Crippen LogP contribution in [0.25, 0.3) is 0 Å². The molecule has 0 saturated heterocycles. The first kappa shape index (κ1) is 15.6. The average molecular weight is 330 g/mol. The number of halogens is 3. The van der Waals surface area contributed by atoms with Crippen LogP contribution in [0.4, 0.5) is 0 Å². The van der Waals surface area contributed by atoms with E-state index < -0.39 is 0 Å². The van der Waals surface area contributed by atoms with E-state index in [0.717, 1.165) is 17.7 Å². The molecule has 5 heteroatoms. The largest absolute Gasteiger partial charge is 0.306 e. The van der Waals surface area contributed by atoms with Crippen LogP contribution in [0.5, 0.6) is 0 Å². The van der Waals surface area contributed by atoms with Gasteiger partial charge in [0, 0.05) is 25.0 Å². The summed E-state index contributed by atoms with van der Waals surface area (Å²) in [6, 6.07) is 5.74. The SMILES string of the molecule is Cc1cnccc1CNC(C)c1ccc(Cl)c(Cl)c1Cl. The van der Waals surface area contributed by atoms with Gasteiger partial charge in [0.15, 0.2) is 0 Å². The molecule has 1 heterocycles. The second-order valence-corrected chi connectivity index (χ2v) is 5.83. The average Bonchev–Trinajstić information content (AvgIpc) is 2.44. The Bertz CT molecular complexity index is 614. The number of rotatable bonds is 4. The van der Waals surface area contributed by atoms with Crippen LogP contribution in [-0.2, 0) is 6.54 Å². The fourth-order valence-corrected chi connectivity index (χ4v) is 2.66. The maximum Gasteiger partial charge on any atom is 0.0781 e. The second-order valence-electron chi connectivity index (χ2n) is 4.67. The number of hydrogen-bond acceptors (Lipinski definition) is 2. The van der Waals surface area contributed by atoms with Crippen molar-refractivity contribution in [3.63, 3.8) is 0 Å². The number of aryl methyl sites for hydroxylation is 1. The van der Waals surface area contributed by atoms with Crippen LogP contribution in [0.3, 0.4) is 0 Å². The summed E-state index contributed by atoms with van der Waals surface area (Å²) in [7, 11) is 0. The second kappa shape index (κ2) is 6.77. The summed E-state index contributed by atoms with van der Waals surface area (Å²) in [6.45, 7) is 4.83. The van der Waals surface area contributed by atoms with Crippen LogP contribution in [0.15, 0.2) is 30.6 Å². The van der Waals surface area contributed by atoms with Crippen molar-refractivity contribution in [1.29, 1.82) is 0 Å². The van der Waals surface area contributed by atoms with Gasteiger partial charge in [0.05, 0.1) is 15.1 Å². The van der Waals surface area contributed by atoms with Crippen molar-refractivity contribution >= 4 is 34.8 Å². The Morgan fingerprint density at radius 1 is 1.15 bits per heavy atom. The highest BCUT2D eigenvalue weighted by Crippen LogP contribution is 2.35. The standard InChI is InChI=1S/C15H15Cl3N2/c1-9-7-19-6-5-11(9)8-20-10(2)12-3-4-13(16)15(18)14(12)17/h3-7,10,20H,8H2,1-2H3. The predicted molar refractivity (Wildman–Crippen MR) is 85.7 cm³/mol. The van der Waals surface area contributed by atoms with Crippen molar-refractivity contribution in [1.82, 2.24) is 10.3 Å². The van der Waals surface area contributed by atoms with E-state index in [2.05, 4.69) is 10.3 Å². The molecule has 1 aromatic carbocycles. The zero-order valence-corrected chi connectivity index (χ0v) is 13.5. The van der Waals surface area contributed by atoms with E-state index in [-0.39, 0.29) is 6.04 Å². The third-order valence-electron chi connectivity index (χ3n) is 3.27. The molecule has 2 rings (SSSR count). The van der Waals surface area contributed by atoms with Gasteiger partial charge in [-0.2, -0.15) is 0 Å². The fourth-order valence-electron chi connectivity index (χ4n) is 1.95. The molecule has 1 N–H and O–H groups in total. The first-order chi connectivity index (χ1) is 9.50. The summed E-state index contributed by atoms with van der Waals surface area (Å²) in [4.78, 5) is 4.08. The normalized spacial score (nSPS) is 12.4. The summed E-state index contributed by atoms with van der Waals surface area (Å²) < 4.78 is 0. The number of nitrogens with one attached hydrogen (secondary N) is 1. The molecule has 2 nitrogen and oxygen atoms in total. The van der Waals surface area contributed by atoms with Gasteiger partial charge in [-0.3, -0.25) is 4.98 Å². The molecule has 0 fully saturated rings. The Morgan fingerprint density at radius 2 is 1.90 bits per heavy atom. The van der Waals surface area contributed by atoms with Gasteiger partial charge < -0.3 is 5.32 Å². The molecule has 1 atom stereocenters. The van der Waals surface area contributed by atoms with Crippen LogP contribution >= 0.6 is 34.8 Å². The van der Waals surface area contributed by atoms with Crippen LogP contribution in [0, 0.1) is 6.92 Å². The smallest absolute Gasteiger partial charge is 0.0781 e. The van der Waals surface area contributed by atoms with E-state index >= 15 is 0 Å². The van der Waals surface area contributed by atoms with Crippen LogP contribution < -0.4 is 5.32 Å². The molecule has 106 valence electrons. The first-order valence-corrected chi connectivity index (χ1v) is 7.40. The lowest BCUT2D eigenvalue weighted by atomic mass is 10.1. The molecule has 0 radical (unpaired) electrons. The summed E-state index contributed by atoms with van der Waals surface area (Å²) in [5.41, 5.74) is 3.31. The highest BCUT2D eigenvalue weighted by atomic mass is 35.5. The third-order valence-corrected chi connectivity index (χ3v) is 4.57. The Hall–Kier alpha value is -0.800. The number of nitrogens with zero attached hydrogens (tertiary/aromatic N) is 1. The Morgan fingerprint density at radius 3 is 2.60 bits per heavy atom. The Balaban J connectivity index is 2.11. The monoisotopic (exact) mass is 328 g/mol. The minimum Gasteiger partial charge on any atom is -0.306 e. The van der Waals surface area contributed by atoms with Gasteiger partial charge in [-0.15, -0.1) is 0 Å². The van der Waals surface area contributed by atoms with Crippen molar-refractivity contribution in [2.45, 2.75) is 26.4 Å². The molecule has 1 unspecified atom stereocenters. The molecule has 0 spiro atoms. The van der Waals surface area contributed by atoms with E-state index in [1.807, 2.05) is 32.2 Å². The number of benzene rings is 1. The highest BCUT2D eigenvalue weighted by Gasteiger charge is 2.14. The first-order valence-electron chi connectivity index (χ1n) is 6.27. The summed E-state index contributed by atoms with van der Waals surface area (Å²) >= 11 is 18.2. The summed E-state index contributed by atoms with van der Waals surface area (Å²) in [6.07, 6.45) is 3.65. The van der Waals surface area contributed by atoms with Crippen molar-refractivity contribution in [2.24, 2.45) is 0 Å². The van der Waals surface area contributed by atoms with Gasteiger partial charge in [0.1, 0.15) is 0 Å². The summed E-state index contributed by atoms with van der Waals surface area (Å²) in [5, 5.41) is 4.81. The maximum atomic E-state index is 6.24. The van der Waals surface area contributed by atoms with E-state index in [1.54, 1.807) is 12.3 Å². The molecule has 20 heavy (non-hydrogen) atoms. The summed E-state index contributed by atoms with van der Waals surface area (Å²) in [5.74, 6) is 0. The van der Waals surface area contributed by atoms with Crippen molar-refractivity contribution in [2.75, 3.05) is 0 Å². The Kier molecular flexibility index (Phi) is 5.28. The van der Waals surface area contributed by atoms with E-state index in [1.165, 1.54) is 5.56 Å². The minimum absolute atomic E-state index is 0.0739. The maximum absolute atomic E-state index is 6.24. The molecule has 0 aliphatic rings. The Labute approximate surface area is 134 Å². The molecule has 0 saturated carbocycles. The van der Waals surface area contributed by atoms with Gasteiger partial charge in [0.2, 0.25) is 0 Å². The molecular weight excluding hydrogens is 315 g/mol. The van der Waals surface area contributed by atoms with Gasteiger partial charge in [-0.1, -0.05) is 40.9 Å². The van der Waals surface area contributed by atoms with E-state index in [0.29, 0.717) is 15.1 Å². The van der Waals surface area contributed by atoms with Crippen molar-refractivity contribution < 1.29 is 0 Å². The van der Waals surface area contributed by atoms with E-state index in [4.69, 9.17) is 34.8 Å². The van der Waals surface area contributed by atoms with E-state index in [9.17, 15) is 0 Å². The number of pyridine rings is 1. The van der Waals surface area contributed by atoms with Crippen LogP contribution in [0.1, 0.15) is 29.7 Å². The molecular formula is C15H15Cl3N2. The lowest BCUT2D eigenvalue weighted by molar-refractivity contribution is 0.573. The minimum atomic E-state index is 0.0739. The lowest BCUT2D eigenvalue weighted by Crippen LogP contribution is -2.19. The zero-order chi connectivity index (χ0) is 14.7. The molecule has 0 aliphatic carbocycles. The highest BCUT2D eigenvalue weighted by molar-refractivity contribution is 6.48. The van der Waals surface area contributed by atoms with Gasteiger partial charge >= 0.3 is 0 Å². The molecule has 0 amide bonds. The van der Waals surface area contributed by atoms with Gasteiger partial charge in [0.25, 0.3) is 0 Å². The molecule has 0 aliphatic heterocycles. The number of aromatic nitrogens is 1. The zero-order valence-electron chi connectivity index (χ0n) is 11.3. The van der Waals surface area contributed by atoms with Gasteiger partial charge in [-0.25, -0.2) is 0 Å². The topological polar surface area (TPSA) is 24.9 Å². The van der Waals surface area contributed by atoms with Crippen molar-refractivity contribution in [3.8, 4) is 0 Å². The fraction of sp³-hybridized carbons (Fsp3) is 0.267. The number of hydrogen-bond donors (Lipinski definition) is 1. The van der Waals surface area contributed by atoms with Crippen LogP contribution in [-0.4, -0.2) is 4.98 Å².